The molecule has 0 fully saturated rings. The molecule has 0 spiro atoms. The Morgan fingerprint density at radius 2 is 1.91 bits per heavy atom. The SMILES string of the molecule is CCCCOC(=O)c1ccc(-c2ccc(C=CC(N)=O)o2)cc1. The molecule has 0 saturated heterocycles. The van der Waals surface area contributed by atoms with Gasteiger partial charge in [0.2, 0.25) is 5.91 Å². The van der Waals surface area contributed by atoms with Gasteiger partial charge in [0.15, 0.2) is 0 Å². The molecule has 2 rings (SSSR count). The third kappa shape index (κ3) is 4.85. The van der Waals surface area contributed by atoms with Gasteiger partial charge in [-0.05, 0) is 36.8 Å². The molecule has 2 N–H and O–H groups in total. The first-order valence-corrected chi connectivity index (χ1v) is 7.45. The van der Waals surface area contributed by atoms with Gasteiger partial charge < -0.3 is 14.9 Å². The largest absolute Gasteiger partial charge is 0.462 e. The quantitative estimate of drug-likeness (QED) is 0.482. The molecule has 0 unspecified atom stereocenters. The lowest BCUT2D eigenvalue weighted by molar-refractivity contribution is -0.113. The fraction of sp³-hybridized carbons (Fsp3) is 0.222. The van der Waals surface area contributed by atoms with Crippen LogP contribution in [0.3, 0.4) is 0 Å². The molecular formula is C18H19NO4. The van der Waals surface area contributed by atoms with E-state index in [1.807, 2.05) is 6.92 Å². The van der Waals surface area contributed by atoms with E-state index in [1.165, 1.54) is 12.2 Å². The Hall–Kier alpha value is -2.82. The molecule has 0 aliphatic heterocycles. The first-order chi connectivity index (χ1) is 11.1. The molecule has 5 heteroatoms. The number of ether oxygens (including phenoxy) is 1. The van der Waals surface area contributed by atoms with Crippen molar-refractivity contribution in [1.82, 2.24) is 0 Å². The summed E-state index contributed by atoms with van der Waals surface area (Å²) < 4.78 is 10.7. The van der Waals surface area contributed by atoms with Gasteiger partial charge in [-0.2, -0.15) is 0 Å². The molecule has 2 aromatic rings. The molecule has 0 aliphatic carbocycles. The summed E-state index contributed by atoms with van der Waals surface area (Å²) in [5.41, 5.74) is 6.37. The fourth-order valence-corrected chi connectivity index (χ4v) is 1.92. The van der Waals surface area contributed by atoms with Crippen LogP contribution >= 0.6 is 0 Å². The lowest BCUT2D eigenvalue weighted by atomic mass is 10.1. The number of carbonyl (C=O) groups is 2. The van der Waals surface area contributed by atoms with Crippen LogP contribution in [0.15, 0.2) is 46.9 Å². The van der Waals surface area contributed by atoms with Crippen molar-refractivity contribution in [3.63, 3.8) is 0 Å². The number of unbranched alkanes of at least 4 members (excludes halogenated alkanes) is 1. The second-order valence-electron chi connectivity index (χ2n) is 5.00. The van der Waals surface area contributed by atoms with Crippen molar-refractivity contribution in [3.05, 3.63) is 53.8 Å². The first kappa shape index (κ1) is 16.5. The van der Waals surface area contributed by atoms with Gasteiger partial charge in [-0.25, -0.2) is 4.79 Å². The monoisotopic (exact) mass is 313 g/mol. The smallest absolute Gasteiger partial charge is 0.338 e. The van der Waals surface area contributed by atoms with Crippen LogP contribution in [0, 0.1) is 0 Å². The van der Waals surface area contributed by atoms with E-state index in [2.05, 4.69) is 0 Å². The highest BCUT2D eigenvalue weighted by Gasteiger charge is 2.08. The fourth-order valence-electron chi connectivity index (χ4n) is 1.92. The molecule has 1 amide bonds. The summed E-state index contributed by atoms with van der Waals surface area (Å²) >= 11 is 0. The van der Waals surface area contributed by atoms with Crippen LogP contribution in [0.4, 0.5) is 0 Å². The number of benzene rings is 1. The Bertz CT molecular complexity index is 698. The van der Waals surface area contributed by atoms with E-state index in [4.69, 9.17) is 14.9 Å². The number of amides is 1. The van der Waals surface area contributed by atoms with Crippen molar-refractivity contribution < 1.29 is 18.7 Å². The van der Waals surface area contributed by atoms with Crippen molar-refractivity contribution >= 4 is 18.0 Å². The van der Waals surface area contributed by atoms with Crippen molar-refractivity contribution in [3.8, 4) is 11.3 Å². The zero-order chi connectivity index (χ0) is 16.7. The molecule has 0 radical (unpaired) electrons. The van der Waals surface area contributed by atoms with Gasteiger partial charge in [0.1, 0.15) is 11.5 Å². The molecule has 5 nitrogen and oxygen atoms in total. The molecule has 1 aromatic heterocycles. The molecule has 0 atom stereocenters. The Labute approximate surface area is 134 Å². The van der Waals surface area contributed by atoms with Gasteiger partial charge in [0.05, 0.1) is 12.2 Å². The molecular weight excluding hydrogens is 294 g/mol. The van der Waals surface area contributed by atoms with E-state index in [-0.39, 0.29) is 5.97 Å². The van der Waals surface area contributed by atoms with E-state index in [9.17, 15) is 9.59 Å². The maximum absolute atomic E-state index is 11.8. The lowest BCUT2D eigenvalue weighted by Gasteiger charge is -2.04. The topological polar surface area (TPSA) is 82.5 Å². The van der Waals surface area contributed by atoms with Crippen LogP contribution in [0.2, 0.25) is 0 Å². The molecule has 0 aliphatic rings. The summed E-state index contributed by atoms with van der Waals surface area (Å²) in [6, 6.07) is 10.5. The molecule has 120 valence electrons. The molecule has 1 aromatic carbocycles. The second kappa shape index (κ2) is 7.98. The highest BCUT2D eigenvalue weighted by molar-refractivity contribution is 5.90. The van der Waals surface area contributed by atoms with Crippen molar-refractivity contribution in [2.75, 3.05) is 6.61 Å². The van der Waals surface area contributed by atoms with Gasteiger partial charge in [-0.1, -0.05) is 25.5 Å². The molecule has 0 bridgehead atoms. The maximum atomic E-state index is 11.8. The van der Waals surface area contributed by atoms with Crippen LogP contribution in [-0.4, -0.2) is 18.5 Å². The van der Waals surface area contributed by atoms with Crippen molar-refractivity contribution in [2.45, 2.75) is 19.8 Å². The second-order valence-corrected chi connectivity index (χ2v) is 5.00. The highest BCUT2D eigenvalue weighted by atomic mass is 16.5. The van der Waals surface area contributed by atoms with E-state index in [0.29, 0.717) is 23.7 Å². The lowest BCUT2D eigenvalue weighted by Crippen LogP contribution is -2.05. The predicted molar refractivity (Wildman–Crippen MR) is 87.6 cm³/mol. The van der Waals surface area contributed by atoms with Crippen LogP contribution in [0.5, 0.6) is 0 Å². The summed E-state index contributed by atoms with van der Waals surface area (Å²) in [6.45, 7) is 2.48. The summed E-state index contributed by atoms with van der Waals surface area (Å²) in [5, 5.41) is 0. The minimum Gasteiger partial charge on any atom is -0.462 e. The minimum absolute atomic E-state index is 0.325. The van der Waals surface area contributed by atoms with Crippen LogP contribution in [-0.2, 0) is 9.53 Å². The minimum atomic E-state index is -0.533. The van der Waals surface area contributed by atoms with Gasteiger partial charge in [0.25, 0.3) is 0 Å². The number of esters is 1. The van der Waals surface area contributed by atoms with E-state index < -0.39 is 5.91 Å². The molecule has 0 saturated carbocycles. The number of primary amides is 1. The number of nitrogens with two attached hydrogens (primary N) is 1. The predicted octanol–water partition coefficient (Wildman–Crippen LogP) is 3.40. The Balaban J connectivity index is 2.04. The van der Waals surface area contributed by atoms with Gasteiger partial charge in [-0.3, -0.25) is 4.79 Å². The average Bonchev–Trinajstić information content (AvgIpc) is 3.02. The van der Waals surface area contributed by atoms with Crippen LogP contribution < -0.4 is 5.73 Å². The Kier molecular flexibility index (Phi) is 5.74. The normalized spacial score (nSPS) is 10.8. The third-order valence-corrected chi connectivity index (χ3v) is 3.17. The first-order valence-electron chi connectivity index (χ1n) is 7.45. The van der Waals surface area contributed by atoms with E-state index in [1.54, 1.807) is 36.4 Å². The summed E-state index contributed by atoms with van der Waals surface area (Å²) in [7, 11) is 0. The van der Waals surface area contributed by atoms with Gasteiger partial charge >= 0.3 is 5.97 Å². The maximum Gasteiger partial charge on any atom is 0.338 e. The zero-order valence-electron chi connectivity index (χ0n) is 13.0. The Morgan fingerprint density at radius 1 is 1.17 bits per heavy atom. The van der Waals surface area contributed by atoms with Gasteiger partial charge in [-0.15, -0.1) is 0 Å². The van der Waals surface area contributed by atoms with Crippen molar-refractivity contribution in [2.24, 2.45) is 5.73 Å². The average molecular weight is 313 g/mol. The van der Waals surface area contributed by atoms with Crippen molar-refractivity contribution in [1.29, 1.82) is 0 Å². The van der Waals surface area contributed by atoms with E-state index in [0.717, 1.165) is 18.4 Å². The zero-order valence-corrected chi connectivity index (χ0v) is 13.0. The number of furan rings is 1. The van der Waals surface area contributed by atoms with Crippen LogP contribution in [0.25, 0.3) is 17.4 Å². The number of hydrogen-bond acceptors (Lipinski definition) is 4. The Morgan fingerprint density at radius 3 is 2.57 bits per heavy atom. The molecule has 1 heterocycles. The molecule has 23 heavy (non-hydrogen) atoms. The highest BCUT2D eigenvalue weighted by Crippen LogP contribution is 2.23. The summed E-state index contributed by atoms with van der Waals surface area (Å²) in [5.74, 6) is 0.310. The third-order valence-electron chi connectivity index (χ3n) is 3.17. The standard InChI is InChI=1S/C18H19NO4/c1-2-3-12-22-18(21)14-6-4-13(5-7-14)16-10-8-15(23-16)9-11-17(19)20/h4-11H,2-3,12H2,1H3,(H2,19,20). The number of rotatable bonds is 7. The number of carbonyl (C=O) groups excluding carboxylic acids is 2. The van der Waals surface area contributed by atoms with E-state index >= 15 is 0 Å². The van der Waals surface area contributed by atoms with Gasteiger partial charge in [0, 0.05) is 11.6 Å². The summed E-state index contributed by atoms with van der Waals surface area (Å²) in [6.07, 6.45) is 4.58. The van der Waals surface area contributed by atoms with Crippen LogP contribution in [0.1, 0.15) is 35.9 Å². The summed E-state index contributed by atoms with van der Waals surface area (Å²) in [4.78, 5) is 22.5. The number of hydrogen-bond donors (Lipinski definition) is 1.